The number of ether oxygens (including phenoxy) is 1. The van der Waals surface area contributed by atoms with E-state index in [-0.39, 0.29) is 5.60 Å². The quantitative estimate of drug-likeness (QED) is 0.616. The molecule has 2 heterocycles. The number of guanidine groups is 1. The number of rotatable bonds is 6. The first-order valence-electron chi connectivity index (χ1n) is 8.24. The fourth-order valence-electron chi connectivity index (χ4n) is 2.61. The van der Waals surface area contributed by atoms with Crippen molar-refractivity contribution in [3.63, 3.8) is 0 Å². The smallest absolute Gasteiger partial charge is 0.191 e. The Morgan fingerprint density at radius 3 is 2.96 bits per heavy atom. The molecule has 0 saturated heterocycles. The summed E-state index contributed by atoms with van der Waals surface area (Å²) in [4.78, 5) is 8.38. The van der Waals surface area contributed by atoms with Gasteiger partial charge in [0.2, 0.25) is 0 Å². The normalized spacial score (nSPS) is 17.7. The van der Waals surface area contributed by atoms with Gasteiger partial charge in [-0.05, 0) is 44.2 Å². The average Bonchev–Trinajstić information content (AvgIpc) is 3.02. The molecule has 1 aliphatic heterocycles. The van der Waals surface area contributed by atoms with Gasteiger partial charge in [-0.25, -0.2) is 0 Å². The second kappa shape index (κ2) is 8.13. The van der Waals surface area contributed by atoms with E-state index in [1.807, 2.05) is 11.3 Å². The number of aliphatic imine (C=N–C) groups is 1. The summed E-state index contributed by atoms with van der Waals surface area (Å²) in [6, 6.07) is 2.73. The van der Waals surface area contributed by atoms with Gasteiger partial charge in [-0.1, -0.05) is 0 Å². The predicted molar refractivity (Wildman–Crippen MR) is 98.3 cm³/mol. The Bertz CT molecular complexity index is 526. The van der Waals surface area contributed by atoms with Gasteiger partial charge >= 0.3 is 0 Å². The highest BCUT2D eigenvalue weighted by Crippen LogP contribution is 2.24. The average molecular weight is 339 g/mol. The van der Waals surface area contributed by atoms with Gasteiger partial charge in [0.15, 0.2) is 5.96 Å². The molecule has 0 aromatic carbocycles. The van der Waals surface area contributed by atoms with E-state index in [1.165, 1.54) is 12.0 Å². The van der Waals surface area contributed by atoms with E-state index in [9.17, 15) is 0 Å². The molecule has 0 spiro atoms. The van der Waals surface area contributed by atoms with Crippen LogP contribution in [-0.2, 0) is 17.7 Å². The molecule has 1 aliphatic rings. The lowest BCUT2D eigenvalue weighted by atomic mass is 10.1. The highest BCUT2D eigenvalue weighted by Gasteiger charge is 2.22. The molecule has 0 bridgehead atoms. The highest BCUT2D eigenvalue weighted by atomic mass is 32.1. The van der Waals surface area contributed by atoms with E-state index in [2.05, 4.69) is 52.7 Å². The van der Waals surface area contributed by atoms with Crippen molar-refractivity contribution in [2.24, 2.45) is 4.99 Å². The third-order valence-electron chi connectivity index (χ3n) is 4.48. The van der Waals surface area contributed by atoms with Gasteiger partial charge in [0, 0.05) is 51.3 Å². The van der Waals surface area contributed by atoms with E-state index in [4.69, 9.17) is 4.74 Å². The summed E-state index contributed by atoms with van der Waals surface area (Å²) in [5.41, 5.74) is 1.29. The second-order valence-electron chi connectivity index (χ2n) is 6.71. The lowest BCUT2D eigenvalue weighted by Gasteiger charge is -2.33. The van der Waals surface area contributed by atoms with E-state index in [0.29, 0.717) is 6.04 Å². The number of methoxy groups -OCH3 is 1. The molecule has 1 aromatic rings. The van der Waals surface area contributed by atoms with Crippen LogP contribution in [0.5, 0.6) is 0 Å². The first-order chi connectivity index (χ1) is 10.9. The summed E-state index contributed by atoms with van der Waals surface area (Å²) in [5, 5.41) is 8.96. The number of nitrogens with one attached hydrogen (secondary N) is 2. The summed E-state index contributed by atoms with van der Waals surface area (Å²) in [6.07, 6.45) is 1.17. The number of hydrogen-bond donors (Lipinski definition) is 2. The zero-order valence-electron chi connectivity index (χ0n) is 15.0. The van der Waals surface area contributed by atoms with Crippen molar-refractivity contribution in [1.29, 1.82) is 0 Å². The van der Waals surface area contributed by atoms with Gasteiger partial charge < -0.3 is 15.4 Å². The van der Waals surface area contributed by atoms with Crippen LogP contribution in [0.1, 0.15) is 31.2 Å². The molecule has 6 heteroatoms. The van der Waals surface area contributed by atoms with Crippen molar-refractivity contribution in [2.75, 3.05) is 33.8 Å². The van der Waals surface area contributed by atoms with Crippen LogP contribution in [-0.4, -0.2) is 56.3 Å². The number of fused-ring (bicyclic) bond motifs is 1. The van der Waals surface area contributed by atoms with Crippen molar-refractivity contribution in [3.8, 4) is 0 Å². The Kier molecular flexibility index (Phi) is 6.44. The Morgan fingerprint density at radius 1 is 1.48 bits per heavy atom. The standard InChI is InChI=1S/C17H30N4OS/c1-13(21-8-6-15-14(11-21)7-9-23-15)10-19-16(18-4)20-12-17(2,3)22-5/h7,9,13H,6,8,10-12H2,1-5H3,(H2,18,19,20). The van der Waals surface area contributed by atoms with Crippen molar-refractivity contribution in [2.45, 2.75) is 45.4 Å². The number of thiophene rings is 1. The summed E-state index contributed by atoms with van der Waals surface area (Å²) < 4.78 is 5.43. The molecule has 1 aromatic heterocycles. The fourth-order valence-corrected chi connectivity index (χ4v) is 3.50. The van der Waals surface area contributed by atoms with Crippen LogP contribution in [0.3, 0.4) is 0 Å². The van der Waals surface area contributed by atoms with Crippen LogP contribution in [0.25, 0.3) is 0 Å². The summed E-state index contributed by atoms with van der Waals surface area (Å²) in [5.74, 6) is 0.829. The fraction of sp³-hybridized carbons (Fsp3) is 0.706. The lowest BCUT2D eigenvalue weighted by molar-refractivity contribution is 0.0268. The van der Waals surface area contributed by atoms with E-state index in [1.54, 1.807) is 19.0 Å². The summed E-state index contributed by atoms with van der Waals surface area (Å²) in [7, 11) is 3.54. The summed E-state index contributed by atoms with van der Waals surface area (Å²) >= 11 is 1.89. The SMILES string of the molecule is CN=C(NCC(C)N1CCc2sccc2C1)NCC(C)(C)OC. The topological polar surface area (TPSA) is 48.9 Å². The first kappa shape index (κ1) is 18.2. The van der Waals surface area contributed by atoms with Gasteiger partial charge in [0.1, 0.15) is 0 Å². The van der Waals surface area contributed by atoms with Crippen molar-refractivity contribution in [3.05, 3.63) is 21.9 Å². The molecule has 23 heavy (non-hydrogen) atoms. The van der Waals surface area contributed by atoms with Crippen LogP contribution in [0.4, 0.5) is 0 Å². The van der Waals surface area contributed by atoms with Crippen molar-refractivity contribution in [1.82, 2.24) is 15.5 Å². The third kappa shape index (κ3) is 5.19. The highest BCUT2D eigenvalue weighted by molar-refractivity contribution is 7.10. The minimum atomic E-state index is -0.203. The second-order valence-corrected chi connectivity index (χ2v) is 7.71. The maximum absolute atomic E-state index is 5.43. The molecular weight excluding hydrogens is 308 g/mol. The van der Waals surface area contributed by atoms with Crippen LogP contribution in [0, 0.1) is 0 Å². The summed E-state index contributed by atoms with van der Waals surface area (Å²) in [6.45, 7) is 10.2. The molecule has 1 atom stereocenters. The molecule has 0 radical (unpaired) electrons. The van der Waals surface area contributed by atoms with Crippen LogP contribution in [0.2, 0.25) is 0 Å². The molecule has 0 saturated carbocycles. The Labute approximate surface area is 144 Å². The predicted octanol–water partition coefficient (Wildman–Crippen LogP) is 2.08. The Morgan fingerprint density at radius 2 is 2.26 bits per heavy atom. The molecule has 0 fully saturated rings. The zero-order valence-corrected chi connectivity index (χ0v) is 15.8. The van der Waals surface area contributed by atoms with E-state index >= 15 is 0 Å². The molecule has 0 amide bonds. The molecule has 2 N–H and O–H groups in total. The maximum Gasteiger partial charge on any atom is 0.191 e. The molecular formula is C17H30N4OS. The van der Waals surface area contributed by atoms with Crippen LogP contribution < -0.4 is 10.6 Å². The van der Waals surface area contributed by atoms with Gasteiger partial charge in [0.05, 0.1) is 5.60 Å². The number of hydrogen-bond acceptors (Lipinski definition) is 4. The van der Waals surface area contributed by atoms with Gasteiger partial charge in [-0.15, -0.1) is 11.3 Å². The van der Waals surface area contributed by atoms with Gasteiger partial charge in [0.25, 0.3) is 0 Å². The first-order valence-corrected chi connectivity index (χ1v) is 9.12. The third-order valence-corrected chi connectivity index (χ3v) is 5.51. The molecule has 2 rings (SSSR count). The van der Waals surface area contributed by atoms with Crippen LogP contribution >= 0.6 is 11.3 Å². The van der Waals surface area contributed by atoms with Gasteiger partial charge in [-0.3, -0.25) is 9.89 Å². The molecule has 5 nitrogen and oxygen atoms in total. The lowest BCUT2D eigenvalue weighted by Crippen LogP contribution is -2.49. The monoisotopic (exact) mass is 338 g/mol. The molecule has 130 valence electrons. The van der Waals surface area contributed by atoms with E-state index < -0.39 is 0 Å². The molecule has 1 unspecified atom stereocenters. The Balaban J connectivity index is 1.78. The van der Waals surface area contributed by atoms with Gasteiger partial charge in [-0.2, -0.15) is 0 Å². The number of nitrogens with zero attached hydrogens (tertiary/aromatic N) is 2. The van der Waals surface area contributed by atoms with Crippen molar-refractivity contribution >= 4 is 17.3 Å². The maximum atomic E-state index is 5.43. The largest absolute Gasteiger partial charge is 0.377 e. The minimum absolute atomic E-state index is 0.203. The van der Waals surface area contributed by atoms with Crippen molar-refractivity contribution < 1.29 is 4.74 Å². The zero-order chi connectivity index (χ0) is 16.9. The van der Waals surface area contributed by atoms with Crippen LogP contribution in [0.15, 0.2) is 16.4 Å². The Hall–Kier alpha value is -1.11. The molecule has 0 aliphatic carbocycles. The van der Waals surface area contributed by atoms with E-state index in [0.717, 1.165) is 32.1 Å². The minimum Gasteiger partial charge on any atom is -0.377 e.